The number of hydrogen-bond acceptors (Lipinski definition) is 5. The molecule has 3 aromatic rings. The fourth-order valence-electron chi connectivity index (χ4n) is 4.64. The molecule has 1 aromatic heterocycles. The van der Waals surface area contributed by atoms with Crippen LogP contribution in [0.5, 0.6) is 5.75 Å². The van der Waals surface area contributed by atoms with Crippen LogP contribution in [0.4, 0.5) is 0 Å². The Balaban J connectivity index is 1.83. The number of Topliss-reactive ketones (excluding diaryl/α,β-unsaturated/α-hetero) is 1. The third-order valence-corrected chi connectivity index (χ3v) is 6.11. The summed E-state index contributed by atoms with van der Waals surface area (Å²) in [6, 6.07) is 12.9. The molecule has 34 heavy (non-hydrogen) atoms. The molecule has 182 valence electrons. The summed E-state index contributed by atoms with van der Waals surface area (Å²) < 4.78 is 1.89. The molecule has 7 nitrogen and oxygen atoms in total. The van der Waals surface area contributed by atoms with E-state index in [1.807, 2.05) is 62.6 Å². The molecule has 0 unspecified atom stereocenters. The van der Waals surface area contributed by atoms with Crippen LogP contribution in [-0.2, 0) is 16.1 Å². The lowest BCUT2D eigenvalue weighted by atomic mass is 9.74. The molecule has 1 heterocycles. The number of carbonyl (C=O) groups excluding carboxylic acids is 2. The number of fused-ring (bicyclic) bond motifs is 3. The molecule has 0 aliphatic rings. The Hall–Kier alpha value is -2.84. The van der Waals surface area contributed by atoms with Crippen molar-refractivity contribution in [1.82, 2.24) is 9.88 Å². The van der Waals surface area contributed by atoms with Gasteiger partial charge in [0.15, 0.2) is 5.78 Å². The lowest BCUT2D eigenvalue weighted by Gasteiger charge is -2.24. The lowest BCUT2D eigenvalue weighted by Crippen LogP contribution is -2.49. The van der Waals surface area contributed by atoms with Crippen LogP contribution in [0.1, 0.15) is 47.0 Å². The molecule has 0 spiro atoms. The molecular formula is C26H35BN2O5. The van der Waals surface area contributed by atoms with E-state index in [0.29, 0.717) is 12.8 Å². The maximum Gasteiger partial charge on any atom is 0.475 e. The molecule has 0 aliphatic heterocycles. The van der Waals surface area contributed by atoms with Gasteiger partial charge in [-0.15, -0.1) is 0 Å². The van der Waals surface area contributed by atoms with E-state index in [1.165, 1.54) is 0 Å². The zero-order valence-electron chi connectivity index (χ0n) is 20.4. The van der Waals surface area contributed by atoms with E-state index in [4.69, 9.17) is 0 Å². The molecule has 2 aromatic carbocycles. The van der Waals surface area contributed by atoms with Gasteiger partial charge in [-0.2, -0.15) is 0 Å². The van der Waals surface area contributed by atoms with Crippen molar-refractivity contribution < 1.29 is 24.7 Å². The molecule has 8 heteroatoms. The summed E-state index contributed by atoms with van der Waals surface area (Å²) in [7, 11) is -1.66. The van der Waals surface area contributed by atoms with Crippen LogP contribution >= 0.6 is 0 Å². The molecule has 4 N–H and O–H groups in total. The second kappa shape index (κ2) is 11.1. The summed E-state index contributed by atoms with van der Waals surface area (Å²) in [4.78, 5) is 26.3. The highest BCUT2D eigenvalue weighted by atomic mass is 16.4. The van der Waals surface area contributed by atoms with Crippen molar-refractivity contribution in [1.29, 1.82) is 0 Å². The number of rotatable bonds is 11. The number of hydrogen-bond donors (Lipinski definition) is 4. The number of carbonyl (C=O) groups is 2. The van der Waals surface area contributed by atoms with Gasteiger partial charge in [-0.05, 0) is 42.9 Å². The molecule has 0 saturated carbocycles. The highest BCUT2D eigenvalue weighted by molar-refractivity contribution is 6.43. The average Bonchev–Trinajstić information content (AvgIpc) is 3.05. The van der Waals surface area contributed by atoms with Gasteiger partial charge < -0.3 is 25.0 Å². The first-order valence-corrected chi connectivity index (χ1v) is 11.9. The SMILES string of the molecule is CC(C)C[C@H](CC(=O)Cn1c2ccccc2c2ccc(O)cc21)C(=O)N[C@@H](CC(C)C)B(O)O. The average molecular weight is 466 g/mol. The normalized spacial score (nSPS) is 13.5. The van der Waals surface area contributed by atoms with Crippen molar-refractivity contribution >= 4 is 40.6 Å². The minimum absolute atomic E-state index is 0.0484. The number of aromatic hydroxyl groups is 1. The molecule has 0 fully saturated rings. The summed E-state index contributed by atoms with van der Waals surface area (Å²) in [5.74, 6) is -1.29. The van der Waals surface area contributed by atoms with Crippen LogP contribution in [0.15, 0.2) is 42.5 Å². The van der Waals surface area contributed by atoms with Gasteiger partial charge in [0, 0.05) is 34.7 Å². The molecule has 3 rings (SSSR count). The summed E-state index contributed by atoms with van der Waals surface area (Å²) in [5.41, 5.74) is 1.65. The third-order valence-electron chi connectivity index (χ3n) is 6.11. The number of nitrogens with zero attached hydrogens (tertiary/aromatic N) is 1. The third kappa shape index (κ3) is 6.18. The quantitative estimate of drug-likeness (QED) is 0.322. The van der Waals surface area contributed by atoms with Crippen molar-refractivity contribution in [3.8, 4) is 5.75 Å². The van der Waals surface area contributed by atoms with Crippen molar-refractivity contribution in [2.75, 3.05) is 0 Å². The van der Waals surface area contributed by atoms with Crippen LogP contribution in [0, 0.1) is 17.8 Å². The molecule has 0 aliphatic carbocycles. The van der Waals surface area contributed by atoms with Gasteiger partial charge in [0.1, 0.15) is 5.75 Å². The Morgan fingerprint density at radius 2 is 1.59 bits per heavy atom. The zero-order chi connectivity index (χ0) is 25.0. The van der Waals surface area contributed by atoms with Crippen molar-refractivity contribution in [3.05, 3.63) is 42.5 Å². The van der Waals surface area contributed by atoms with Gasteiger partial charge in [-0.1, -0.05) is 45.9 Å². The predicted molar refractivity (Wildman–Crippen MR) is 135 cm³/mol. The minimum Gasteiger partial charge on any atom is -0.508 e. The molecule has 0 radical (unpaired) electrons. The number of phenolic OH excluding ortho intramolecular Hbond substituents is 1. The van der Waals surface area contributed by atoms with Crippen LogP contribution in [-0.4, -0.2) is 44.5 Å². The van der Waals surface area contributed by atoms with E-state index < -0.39 is 19.0 Å². The van der Waals surface area contributed by atoms with E-state index in [1.54, 1.807) is 12.1 Å². The predicted octanol–water partition coefficient (Wildman–Crippen LogP) is 3.66. The first kappa shape index (κ1) is 25.8. The topological polar surface area (TPSA) is 112 Å². The number of benzene rings is 2. The molecular weight excluding hydrogens is 431 g/mol. The first-order valence-electron chi connectivity index (χ1n) is 11.9. The van der Waals surface area contributed by atoms with Crippen molar-refractivity contribution in [2.45, 2.75) is 59.4 Å². The Kier molecular flexibility index (Phi) is 8.39. The fourth-order valence-corrected chi connectivity index (χ4v) is 4.64. The first-order chi connectivity index (χ1) is 16.1. The van der Waals surface area contributed by atoms with E-state index in [0.717, 1.165) is 21.8 Å². The molecule has 1 amide bonds. The Bertz CT molecular complexity index is 1150. The highest BCUT2D eigenvalue weighted by Crippen LogP contribution is 2.31. The van der Waals surface area contributed by atoms with E-state index in [2.05, 4.69) is 5.32 Å². The summed E-state index contributed by atoms with van der Waals surface area (Å²) >= 11 is 0. The standard InChI is InChI=1S/C26H35BN2O5/c1-16(2)11-18(26(32)28-25(27(33)34)12-17(3)4)13-20(31)15-29-23-8-6-5-7-21(23)22-10-9-19(30)14-24(22)29/h5-10,14,16-18,25,30,33-34H,11-13,15H2,1-4H3,(H,28,32)/t18-,25+/m1/s1. The van der Waals surface area contributed by atoms with E-state index >= 15 is 0 Å². The fraction of sp³-hybridized carbons (Fsp3) is 0.462. The Labute approximate surface area is 200 Å². The van der Waals surface area contributed by atoms with Gasteiger partial charge in [-0.3, -0.25) is 9.59 Å². The monoisotopic (exact) mass is 466 g/mol. The van der Waals surface area contributed by atoms with Crippen LogP contribution < -0.4 is 5.32 Å². The summed E-state index contributed by atoms with van der Waals surface area (Å²) in [5, 5.41) is 34.1. The molecule has 0 bridgehead atoms. The number of aromatic nitrogens is 1. The van der Waals surface area contributed by atoms with E-state index in [-0.39, 0.29) is 42.2 Å². The zero-order valence-corrected chi connectivity index (χ0v) is 20.4. The summed E-state index contributed by atoms with van der Waals surface area (Å²) in [6.45, 7) is 7.95. The second-order valence-corrected chi connectivity index (χ2v) is 10.0. The number of ketones is 1. The number of phenols is 1. The van der Waals surface area contributed by atoms with Crippen molar-refractivity contribution in [2.24, 2.45) is 17.8 Å². The second-order valence-electron chi connectivity index (χ2n) is 10.0. The van der Waals surface area contributed by atoms with Gasteiger partial charge >= 0.3 is 7.12 Å². The molecule has 0 saturated heterocycles. The number of para-hydroxylation sites is 1. The van der Waals surface area contributed by atoms with Crippen LogP contribution in [0.25, 0.3) is 21.8 Å². The Morgan fingerprint density at radius 1 is 0.941 bits per heavy atom. The van der Waals surface area contributed by atoms with Gasteiger partial charge in [0.05, 0.1) is 18.0 Å². The number of nitrogens with one attached hydrogen (secondary N) is 1. The number of amides is 1. The minimum atomic E-state index is -1.66. The summed E-state index contributed by atoms with van der Waals surface area (Å²) in [6.07, 6.45) is 0.991. The van der Waals surface area contributed by atoms with Gasteiger partial charge in [0.25, 0.3) is 0 Å². The van der Waals surface area contributed by atoms with Gasteiger partial charge in [-0.25, -0.2) is 0 Å². The van der Waals surface area contributed by atoms with Crippen LogP contribution in [0.2, 0.25) is 0 Å². The maximum absolute atomic E-state index is 13.2. The maximum atomic E-state index is 13.2. The molecule has 2 atom stereocenters. The lowest BCUT2D eigenvalue weighted by molar-refractivity contribution is -0.130. The Morgan fingerprint density at radius 3 is 2.24 bits per heavy atom. The highest BCUT2D eigenvalue weighted by Gasteiger charge is 2.30. The smallest absolute Gasteiger partial charge is 0.475 e. The van der Waals surface area contributed by atoms with Gasteiger partial charge in [0.2, 0.25) is 5.91 Å². The van der Waals surface area contributed by atoms with Crippen LogP contribution in [0.3, 0.4) is 0 Å². The largest absolute Gasteiger partial charge is 0.508 e. The van der Waals surface area contributed by atoms with Crippen molar-refractivity contribution in [3.63, 3.8) is 0 Å². The van der Waals surface area contributed by atoms with E-state index in [9.17, 15) is 24.7 Å².